The van der Waals surface area contributed by atoms with Crippen LogP contribution in [0.3, 0.4) is 0 Å². The molecule has 0 aliphatic carbocycles. The van der Waals surface area contributed by atoms with Gasteiger partial charge in [-0.05, 0) is 49.7 Å². The number of benzene rings is 1. The normalized spacial score (nSPS) is 10.3. The minimum atomic E-state index is -0.320. The second-order valence-corrected chi connectivity index (χ2v) is 5.81. The summed E-state index contributed by atoms with van der Waals surface area (Å²) in [7, 11) is 0. The summed E-state index contributed by atoms with van der Waals surface area (Å²) >= 11 is 0. The summed E-state index contributed by atoms with van der Waals surface area (Å²) in [6.45, 7) is 4.78. The average molecular weight is 363 g/mol. The van der Waals surface area contributed by atoms with Crippen LogP contribution in [0, 0.1) is 6.92 Å². The number of para-hydroxylation sites is 2. The number of nitrogens with zero attached hydrogens (tertiary/aromatic N) is 3. The summed E-state index contributed by atoms with van der Waals surface area (Å²) in [5.41, 5.74) is 2.63. The van der Waals surface area contributed by atoms with Crippen molar-refractivity contribution in [3.8, 4) is 5.75 Å². The summed E-state index contributed by atoms with van der Waals surface area (Å²) in [6.07, 6.45) is 3.45. The number of carbonyl (C=O) groups is 1. The first kappa shape index (κ1) is 18.3. The van der Waals surface area contributed by atoms with Gasteiger partial charge < -0.3 is 15.4 Å². The Hall–Kier alpha value is -3.48. The first-order valence-electron chi connectivity index (χ1n) is 8.67. The average Bonchev–Trinajstić information content (AvgIpc) is 2.68. The number of ether oxygens (including phenoxy) is 1. The molecule has 2 aromatic heterocycles. The smallest absolute Gasteiger partial charge is 0.274 e. The van der Waals surface area contributed by atoms with Crippen LogP contribution in [-0.4, -0.2) is 27.5 Å². The van der Waals surface area contributed by atoms with Crippen molar-refractivity contribution >= 4 is 17.5 Å². The molecule has 0 fully saturated rings. The molecule has 0 aliphatic heterocycles. The van der Waals surface area contributed by atoms with Gasteiger partial charge in [-0.25, -0.2) is 9.97 Å². The molecule has 27 heavy (non-hydrogen) atoms. The van der Waals surface area contributed by atoms with E-state index in [4.69, 9.17) is 4.74 Å². The molecule has 0 radical (unpaired) electrons. The third-order valence-corrected chi connectivity index (χ3v) is 3.72. The van der Waals surface area contributed by atoms with Gasteiger partial charge >= 0.3 is 0 Å². The Bertz CT molecular complexity index is 915. The predicted molar refractivity (Wildman–Crippen MR) is 104 cm³/mol. The second-order valence-electron chi connectivity index (χ2n) is 5.81. The molecule has 0 unspecified atom stereocenters. The van der Waals surface area contributed by atoms with Crippen LogP contribution < -0.4 is 15.4 Å². The summed E-state index contributed by atoms with van der Waals surface area (Å²) in [5.74, 6) is 0.699. The van der Waals surface area contributed by atoms with E-state index >= 15 is 0 Å². The minimum absolute atomic E-state index is 0.283. The minimum Gasteiger partial charge on any atom is -0.492 e. The molecule has 138 valence electrons. The lowest BCUT2D eigenvalue weighted by Gasteiger charge is -2.12. The number of pyridine rings is 1. The van der Waals surface area contributed by atoms with Crippen molar-refractivity contribution in [3.63, 3.8) is 0 Å². The number of aryl methyl sites for hydroxylation is 1. The topological polar surface area (TPSA) is 89.0 Å². The zero-order valence-corrected chi connectivity index (χ0v) is 15.3. The van der Waals surface area contributed by atoms with Gasteiger partial charge in [0.2, 0.25) is 5.95 Å². The van der Waals surface area contributed by atoms with Crippen LogP contribution in [0.1, 0.15) is 28.7 Å². The summed E-state index contributed by atoms with van der Waals surface area (Å²) in [6, 6.07) is 12.8. The molecule has 0 aliphatic rings. The van der Waals surface area contributed by atoms with Gasteiger partial charge in [-0.1, -0.05) is 12.1 Å². The lowest BCUT2D eigenvalue weighted by Crippen LogP contribution is -2.16. The standard InChI is InChI=1S/C20H21N5O2/c1-3-27-18-7-5-4-6-16(18)24-19(26)17-12-14(2)23-20(25-17)22-13-15-8-10-21-11-9-15/h4-12H,3,13H2,1-2H3,(H,24,26)(H,22,23,25). The highest BCUT2D eigenvalue weighted by molar-refractivity contribution is 6.03. The zero-order valence-electron chi connectivity index (χ0n) is 15.3. The lowest BCUT2D eigenvalue weighted by atomic mass is 10.2. The first-order chi connectivity index (χ1) is 13.2. The lowest BCUT2D eigenvalue weighted by molar-refractivity contribution is 0.102. The highest BCUT2D eigenvalue weighted by Crippen LogP contribution is 2.24. The Labute approximate surface area is 157 Å². The highest BCUT2D eigenvalue weighted by Gasteiger charge is 2.13. The SMILES string of the molecule is CCOc1ccccc1NC(=O)c1cc(C)nc(NCc2ccncc2)n1. The van der Waals surface area contributed by atoms with Gasteiger partial charge in [0.25, 0.3) is 5.91 Å². The quantitative estimate of drug-likeness (QED) is 0.668. The van der Waals surface area contributed by atoms with Gasteiger partial charge in [0.1, 0.15) is 11.4 Å². The molecule has 2 N–H and O–H groups in total. The van der Waals surface area contributed by atoms with Crippen molar-refractivity contribution in [2.45, 2.75) is 20.4 Å². The van der Waals surface area contributed by atoms with Crippen LogP contribution in [0.2, 0.25) is 0 Å². The van der Waals surface area contributed by atoms with Crippen molar-refractivity contribution in [1.29, 1.82) is 0 Å². The molecule has 0 atom stereocenters. The summed E-state index contributed by atoms with van der Waals surface area (Å²) in [5, 5.41) is 5.99. The maximum Gasteiger partial charge on any atom is 0.274 e. The molecule has 3 rings (SSSR count). The van der Waals surface area contributed by atoms with E-state index in [0.717, 1.165) is 5.56 Å². The van der Waals surface area contributed by atoms with E-state index in [1.807, 2.05) is 44.2 Å². The van der Waals surface area contributed by atoms with Crippen LogP contribution in [0.25, 0.3) is 0 Å². The summed E-state index contributed by atoms with van der Waals surface area (Å²) in [4.78, 5) is 25.3. The third-order valence-electron chi connectivity index (χ3n) is 3.72. The van der Waals surface area contributed by atoms with Gasteiger partial charge in [-0.3, -0.25) is 9.78 Å². The molecular weight excluding hydrogens is 342 g/mol. The maximum atomic E-state index is 12.7. The molecule has 1 amide bonds. The van der Waals surface area contributed by atoms with Crippen LogP contribution in [0.15, 0.2) is 54.9 Å². The monoisotopic (exact) mass is 363 g/mol. The van der Waals surface area contributed by atoms with E-state index in [1.165, 1.54) is 0 Å². The fourth-order valence-corrected chi connectivity index (χ4v) is 2.48. The Morgan fingerprint density at radius 2 is 1.89 bits per heavy atom. The van der Waals surface area contributed by atoms with E-state index in [2.05, 4.69) is 25.6 Å². The Balaban J connectivity index is 1.74. The van der Waals surface area contributed by atoms with Crippen molar-refractivity contribution in [1.82, 2.24) is 15.0 Å². The van der Waals surface area contributed by atoms with E-state index in [1.54, 1.807) is 24.5 Å². The number of carbonyl (C=O) groups excluding carboxylic acids is 1. The number of hydrogen-bond acceptors (Lipinski definition) is 6. The number of nitrogens with one attached hydrogen (secondary N) is 2. The Morgan fingerprint density at radius 1 is 1.11 bits per heavy atom. The second kappa shape index (κ2) is 8.75. The highest BCUT2D eigenvalue weighted by atomic mass is 16.5. The van der Waals surface area contributed by atoms with E-state index < -0.39 is 0 Å². The van der Waals surface area contributed by atoms with Gasteiger partial charge in [-0.15, -0.1) is 0 Å². The number of amides is 1. The van der Waals surface area contributed by atoms with Gasteiger partial charge in [-0.2, -0.15) is 0 Å². The third kappa shape index (κ3) is 5.01. The number of aromatic nitrogens is 3. The fraction of sp³-hybridized carbons (Fsp3) is 0.200. The van der Waals surface area contributed by atoms with Crippen molar-refractivity contribution in [2.75, 3.05) is 17.2 Å². The van der Waals surface area contributed by atoms with Crippen LogP contribution in [-0.2, 0) is 6.54 Å². The number of rotatable bonds is 7. The predicted octanol–water partition coefficient (Wildman–Crippen LogP) is 3.44. The van der Waals surface area contributed by atoms with Gasteiger partial charge in [0, 0.05) is 24.6 Å². The van der Waals surface area contributed by atoms with Crippen LogP contribution in [0.5, 0.6) is 5.75 Å². The van der Waals surface area contributed by atoms with Crippen molar-refractivity contribution < 1.29 is 9.53 Å². The van der Waals surface area contributed by atoms with E-state index in [-0.39, 0.29) is 11.6 Å². The molecule has 0 saturated carbocycles. The van der Waals surface area contributed by atoms with E-state index in [9.17, 15) is 4.79 Å². The molecule has 0 saturated heterocycles. The Morgan fingerprint density at radius 3 is 2.67 bits per heavy atom. The van der Waals surface area contributed by atoms with Crippen LogP contribution >= 0.6 is 0 Å². The molecule has 7 nitrogen and oxygen atoms in total. The van der Waals surface area contributed by atoms with Gasteiger partial charge in [0.15, 0.2) is 0 Å². The molecule has 1 aromatic carbocycles. The molecule has 0 spiro atoms. The first-order valence-corrected chi connectivity index (χ1v) is 8.67. The van der Waals surface area contributed by atoms with Crippen molar-refractivity contribution in [3.05, 3.63) is 71.8 Å². The number of anilines is 2. The summed E-state index contributed by atoms with van der Waals surface area (Å²) < 4.78 is 5.54. The van der Waals surface area contributed by atoms with Crippen molar-refractivity contribution in [2.24, 2.45) is 0 Å². The van der Waals surface area contributed by atoms with Crippen LogP contribution in [0.4, 0.5) is 11.6 Å². The maximum absolute atomic E-state index is 12.7. The van der Waals surface area contributed by atoms with Gasteiger partial charge in [0.05, 0.1) is 12.3 Å². The zero-order chi connectivity index (χ0) is 19.1. The number of hydrogen-bond donors (Lipinski definition) is 2. The molecule has 2 heterocycles. The molecule has 3 aromatic rings. The molecular formula is C20H21N5O2. The fourth-order valence-electron chi connectivity index (χ4n) is 2.48. The van der Waals surface area contributed by atoms with E-state index in [0.29, 0.717) is 36.2 Å². The largest absolute Gasteiger partial charge is 0.492 e. The molecule has 0 bridgehead atoms. The Kier molecular flexibility index (Phi) is 5.94. The molecule has 7 heteroatoms.